The van der Waals surface area contributed by atoms with Crippen LogP contribution in [0.2, 0.25) is 0 Å². The Balaban J connectivity index is 1.30. The van der Waals surface area contributed by atoms with E-state index in [0.717, 1.165) is 36.4 Å². The average Bonchev–Trinajstić information content (AvgIpc) is 3.39. The van der Waals surface area contributed by atoms with Crippen LogP contribution < -0.4 is 25.4 Å². The second-order valence-corrected chi connectivity index (χ2v) is 10.6. The van der Waals surface area contributed by atoms with Crippen LogP contribution in [0.1, 0.15) is 73.4 Å². The van der Waals surface area contributed by atoms with Gasteiger partial charge in [0.05, 0.1) is 18.3 Å². The number of carbonyl (C=O) groups is 2. The van der Waals surface area contributed by atoms with Gasteiger partial charge < -0.3 is 25.4 Å². The molecule has 1 aromatic heterocycles. The predicted octanol–water partition coefficient (Wildman–Crippen LogP) is 6.11. The summed E-state index contributed by atoms with van der Waals surface area (Å²) >= 11 is 1.40. The largest absolute Gasteiger partial charge is 0.492 e. The number of anilines is 1. The Bertz CT molecular complexity index is 1210. The molecule has 1 fully saturated rings. The summed E-state index contributed by atoms with van der Waals surface area (Å²) in [5.74, 6) is 1.62. The third-order valence-corrected chi connectivity index (χ3v) is 7.35. The van der Waals surface area contributed by atoms with E-state index < -0.39 is 0 Å². The first-order chi connectivity index (χ1) is 18.4. The second kappa shape index (κ2) is 13.3. The number of aromatic nitrogens is 1. The SMILES string of the molecule is CCOc1ccccc1NC(=O)N[C@@H]1CCCC[C@@H]1NC(=O)c1csc(COc2ccc(C(C)C)cc2)n1. The molecule has 1 aliphatic carbocycles. The molecule has 0 spiro atoms. The number of amides is 3. The number of nitrogens with zero attached hydrogens (tertiary/aromatic N) is 1. The van der Waals surface area contributed by atoms with Gasteiger partial charge in [-0.05, 0) is 55.5 Å². The van der Waals surface area contributed by atoms with E-state index in [1.54, 1.807) is 11.4 Å². The van der Waals surface area contributed by atoms with Gasteiger partial charge in [-0.15, -0.1) is 11.3 Å². The number of hydrogen-bond donors (Lipinski definition) is 3. The lowest BCUT2D eigenvalue weighted by atomic mass is 9.90. The van der Waals surface area contributed by atoms with E-state index in [2.05, 4.69) is 46.9 Å². The smallest absolute Gasteiger partial charge is 0.319 e. The van der Waals surface area contributed by atoms with E-state index >= 15 is 0 Å². The highest BCUT2D eigenvalue weighted by molar-refractivity contribution is 7.09. The van der Waals surface area contributed by atoms with Crippen molar-refractivity contribution >= 4 is 29.0 Å². The number of rotatable bonds is 10. The summed E-state index contributed by atoms with van der Waals surface area (Å²) in [6.07, 6.45) is 3.56. The molecule has 202 valence electrons. The number of para-hydroxylation sites is 2. The van der Waals surface area contributed by atoms with Crippen molar-refractivity contribution in [3.8, 4) is 11.5 Å². The average molecular weight is 537 g/mol. The minimum absolute atomic E-state index is 0.176. The molecule has 2 aromatic carbocycles. The van der Waals surface area contributed by atoms with Crippen molar-refractivity contribution in [1.29, 1.82) is 0 Å². The molecule has 2 atom stereocenters. The van der Waals surface area contributed by atoms with Gasteiger partial charge in [0.1, 0.15) is 28.8 Å². The predicted molar refractivity (Wildman–Crippen MR) is 150 cm³/mol. The number of benzene rings is 2. The Morgan fingerprint density at radius 2 is 1.71 bits per heavy atom. The van der Waals surface area contributed by atoms with Crippen LogP contribution in [0.3, 0.4) is 0 Å². The number of hydrogen-bond acceptors (Lipinski definition) is 6. The number of thiazole rings is 1. The molecule has 8 nitrogen and oxygen atoms in total. The van der Waals surface area contributed by atoms with Crippen LogP contribution in [0.25, 0.3) is 0 Å². The van der Waals surface area contributed by atoms with Gasteiger partial charge in [-0.2, -0.15) is 0 Å². The summed E-state index contributed by atoms with van der Waals surface area (Å²) in [6, 6.07) is 14.7. The van der Waals surface area contributed by atoms with Gasteiger partial charge in [-0.25, -0.2) is 9.78 Å². The Labute approximate surface area is 228 Å². The molecule has 1 aliphatic rings. The van der Waals surface area contributed by atoms with E-state index in [1.807, 2.05) is 37.3 Å². The zero-order valence-electron chi connectivity index (χ0n) is 22.2. The van der Waals surface area contributed by atoms with Gasteiger partial charge in [-0.1, -0.05) is 51.0 Å². The Hall–Kier alpha value is -3.59. The lowest BCUT2D eigenvalue weighted by Gasteiger charge is -2.32. The van der Waals surface area contributed by atoms with Crippen molar-refractivity contribution in [2.45, 2.75) is 71.1 Å². The van der Waals surface area contributed by atoms with Crippen molar-refractivity contribution in [2.75, 3.05) is 11.9 Å². The minimum Gasteiger partial charge on any atom is -0.492 e. The molecule has 9 heteroatoms. The number of nitrogens with one attached hydrogen (secondary N) is 3. The topological polar surface area (TPSA) is 102 Å². The van der Waals surface area contributed by atoms with Crippen molar-refractivity contribution < 1.29 is 19.1 Å². The number of ether oxygens (including phenoxy) is 2. The summed E-state index contributed by atoms with van der Waals surface area (Å²) < 4.78 is 11.4. The zero-order valence-corrected chi connectivity index (χ0v) is 23.0. The highest BCUT2D eigenvalue weighted by Gasteiger charge is 2.29. The van der Waals surface area contributed by atoms with Gasteiger partial charge in [0, 0.05) is 11.4 Å². The van der Waals surface area contributed by atoms with Gasteiger partial charge >= 0.3 is 6.03 Å². The standard InChI is InChI=1S/C29H36N4O4S/c1-4-36-26-12-8-7-11-24(26)33-29(35)32-23-10-6-5-9-22(23)31-28(34)25-18-38-27(30-25)17-37-21-15-13-20(14-16-21)19(2)3/h7-8,11-16,18-19,22-23H,4-6,9-10,17H2,1-3H3,(H,31,34)(H2,32,33,35)/t22-,23+/m0/s1. The quantitative estimate of drug-likeness (QED) is 0.290. The first-order valence-electron chi connectivity index (χ1n) is 13.2. The van der Waals surface area contributed by atoms with Crippen LogP contribution in [0.5, 0.6) is 11.5 Å². The van der Waals surface area contributed by atoms with Crippen molar-refractivity contribution in [3.63, 3.8) is 0 Å². The van der Waals surface area contributed by atoms with E-state index in [-0.39, 0.29) is 24.0 Å². The van der Waals surface area contributed by atoms with Crippen LogP contribution in [-0.4, -0.2) is 35.6 Å². The van der Waals surface area contributed by atoms with Gasteiger partial charge in [-0.3, -0.25) is 4.79 Å². The molecule has 38 heavy (non-hydrogen) atoms. The van der Waals surface area contributed by atoms with Crippen LogP contribution in [0.4, 0.5) is 10.5 Å². The fourth-order valence-electron chi connectivity index (χ4n) is 4.47. The summed E-state index contributed by atoms with van der Waals surface area (Å²) in [5, 5.41) is 11.5. The van der Waals surface area contributed by atoms with Gasteiger partial charge in [0.25, 0.3) is 5.91 Å². The molecule has 0 unspecified atom stereocenters. The number of carbonyl (C=O) groups excluding carboxylic acids is 2. The van der Waals surface area contributed by atoms with E-state index in [0.29, 0.717) is 36.3 Å². The molecular formula is C29H36N4O4S. The first-order valence-corrected chi connectivity index (χ1v) is 14.1. The van der Waals surface area contributed by atoms with Crippen molar-refractivity contribution in [1.82, 2.24) is 15.6 Å². The maximum atomic E-state index is 13.0. The lowest BCUT2D eigenvalue weighted by Crippen LogP contribution is -2.54. The highest BCUT2D eigenvalue weighted by Crippen LogP contribution is 2.25. The van der Waals surface area contributed by atoms with E-state index in [1.165, 1.54) is 16.9 Å². The molecule has 4 rings (SSSR count). The maximum absolute atomic E-state index is 13.0. The zero-order chi connectivity index (χ0) is 26.9. The van der Waals surface area contributed by atoms with Crippen LogP contribution >= 0.6 is 11.3 Å². The van der Waals surface area contributed by atoms with Crippen LogP contribution in [0.15, 0.2) is 53.9 Å². The van der Waals surface area contributed by atoms with Gasteiger partial charge in [0.2, 0.25) is 0 Å². The molecule has 0 bridgehead atoms. The fourth-order valence-corrected chi connectivity index (χ4v) is 5.16. The summed E-state index contributed by atoms with van der Waals surface area (Å²) in [5.41, 5.74) is 2.23. The van der Waals surface area contributed by atoms with E-state index in [4.69, 9.17) is 9.47 Å². The van der Waals surface area contributed by atoms with Crippen LogP contribution in [0, 0.1) is 0 Å². The third-order valence-electron chi connectivity index (χ3n) is 6.53. The monoisotopic (exact) mass is 536 g/mol. The second-order valence-electron chi connectivity index (χ2n) is 9.64. The maximum Gasteiger partial charge on any atom is 0.319 e. The summed E-state index contributed by atoms with van der Waals surface area (Å²) in [7, 11) is 0. The fraction of sp³-hybridized carbons (Fsp3) is 0.414. The third kappa shape index (κ3) is 7.47. The van der Waals surface area contributed by atoms with Crippen LogP contribution in [-0.2, 0) is 6.61 Å². The Morgan fingerprint density at radius 3 is 2.42 bits per heavy atom. The molecule has 1 heterocycles. The molecule has 3 aromatic rings. The van der Waals surface area contributed by atoms with Crippen molar-refractivity contribution in [2.24, 2.45) is 0 Å². The van der Waals surface area contributed by atoms with Crippen molar-refractivity contribution in [3.05, 3.63) is 70.2 Å². The van der Waals surface area contributed by atoms with E-state index in [9.17, 15) is 9.59 Å². The first kappa shape index (κ1) is 27.4. The van der Waals surface area contributed by atoms with Gasteiger partial charge in [0.15, 0.2) is 0 Å². The highest BCUT2D eigenvalue weighted by atomic mass is 32.1. The Kier molecular flexibility index (Phi) is 9.59. The Morgan fingerprint density at radius 1 is 1.00 bits per heavy atom. The molecule has 1 saturated carbocycles. The lowest BCUT2D eigenvalue weighted by molar-refractivity contribution is 0.0911. The molecular weight excluding hydrogens is 500 g/mol. The molecule has 3 N–H and O–H groups in total. The molecule has 3 amide bonds. The molecule has 0 radical (unpaired) electrons. The molecule has 0 aliphatic heterocycles. The summed E-state index contributed by atoms with van der Waals surface area (Å²) in [4.78, 5) is 30.2. The number of urea groups is 1. The minimum atomic E-state index is -0.321. The normalized spacial score (nSPS) is 17.1. The summed E-state index contributed by atoms with van der Waals surface area (Å²) in [6.45, 7) is 7.02. The molecule has 0 saturated heterocycles.